The number of benzene rings is 1. The third kappa shape index (κ3) is 6.49. The largest absolute Gasteiger partial charge is 0.355 e. The molecule has 0 aromatic heterocycles. The van der Waals surface area contributed by atoms with Crippen molar-refractivity contribution in [3.05, 3.63) is 30.1 Å². The molecular weight excluding hydrogens is 393 g/mol. The molecule has 0 spiro atoms. The highest BCUT2D eigenvalue weighted by molar-refractivity contribution is 7.89. The zero-order chi connectivity index (χ0) is 20.7. The van der Waals surface area contributed by atoms with Gasteiger partial charge in [-0.3, -0.25) is 4.79 Å². The van der Waals surface area contributed by atoms with E-state index in [1.54, 1.807) is 0 Å². The molecule has 162 valence electrons. The molecule has 2 saturated heterocycles. The molecular formula is C21H32FN3O3S. The first-order chi connectivity index (χ1) is 13.9. The van der Waals surface area contributed by atoms with Crippen LogP contribution in [0.25, 0.3) is 0 Å². The van der Waals surface area contributed by atoms with E-state index in [1.165, 1.54) is 41.8 Å². The average Bonchev–Trinajstić information content (AvgIpc) is 2.73. The van der Waals surface area contributed by atoms with Crippen LogP contribution in [0.5, 0.6) is 0 Å². The van der Waals surface area contributed by atoms with Gasteiger partial charge in [-0.15, -0.1) is 0 Å². The van der Waals surface area contributed by atoms with Gasteiger partial charge in [-0.1, -0.05) is 12.5 Å². The molecule has 0 radical (unpaired) electrons. The van der Waals surface area contributed by atoms with Crippen LogP contribution in [0.3, 0.4) is 0 Å². The number of nitrogens with zero attached hydrogens (tertiary/aromatic N) is 2. The average molecular weight is 426 g/mol. The normalized spacial score (nSPS) is 19.9. The van der Waals surface area contributed by atoms with E-state index in [9.17, 15) is 17.6 Å². The number of amides is 1. The van der Waals surface area contributed by atoms with Gasteiger partial charge in [-0.2, -0.15) is 4.31 Å². The first-order valence-electron chi connectivity index (χ1n) is 10.7. The monoisotopic (exact) mass is 425 g/mol. The highest BCUT2D eigenvalue weighted by Crippen LogP contribution is 2.26. The number of nitrogens with one attached hydrogen (secondary N) is 1. The summed E-state index contributed by atoms with van der Waals surface area (Å²) in [5.74, 6) is -0.120. The molecule has 8 heteroatoms. The van der Waals surface area contributed by atoms with Crippen molar-refractivity contribution in [3.8, 4) is 0 Å². The van der Waals surface area contributed by atoms with Crippen LogP contribution in [0.4, 0.5) is 4.39 Å². The highest BCUT2D eigenvalue weighted by atomic mass is 32.2. The summed E-state index contributed by atoms with van der Waals surface area (Å²) in [5.41, 5.74) is 0. The Labute approximate surface area is 173 Å². The van der Waals surface area contributed by atoms with E-state index in [0.717, 1.165) is 45.0 Å². The van der Waals surface area contributed by atoms with Crippen LogP contribution < -0.4 is 5.32 Å². The maximum atomic E-state index is 13.4. The van der Waals surface area contributed by atoms with Crippen molar-refractivity contribution in [2.24, 2.45) is 5.92 Å². The van der Waals surface area contributed by atoms with Crippen molar-refractivity contribution in [3.63, 3.8) is 0 Å². The molecule has 3 rings (SSSR count). The summed E-state index contributed by atoms with van der Waals surface area (Å²) in [6, 6.07) is 5.15. The van der Waals surface area contributed by atoms with Gasteiger partial charge in [0.1, 0.15) is 5.82 Å². The summed E-state index contributed by atoms with van der Waals surface area (Å²) in [6.07, 6.45) is 6.55. The lowest BCUT2D eigenvalue weighted by Crippen LogP contribution is -2.39. The number of likely N-dealkylation sites (tertiary alicyclic amines) is 1. The Hall–Kier alpha value is -1.51. The quantitative estimate of drug-likeness (QED) is 0.695. The molecule has 1 amide bonds. The summed E-state index contributed by atoms with van der Waals surface area (Å²) in [5, 5.41) is 3.01. The van der Waals surface area contributed by atoms with Crippen LogP contribution in [0.1, 0.15) is 44.9 Å². The lowest BCUT2D eigenvalue weighted by Gasteiger charge is -2.31. The smallest absolute Gasteiger partial charge is 0.243 e. The summed E-state index contributed by atoms with van der Waals surface area (Å²) in [6.45, 7) is 4.71. The summed E-state index contributed by atoms with van der Waals surface area (Å²) >= 11 is 0. The number of hydrogen-bond acceptors (Lipinski definition) is 4. The molecule has 1 aromatic carbocycles. The van der Waals surface area contributed by atoms with Gasteiger partial charge >= 0.3 is 0 Å². The molecule has 2 aliphatic heterocycles. The number of carbonyl (C=O) groups excluding carboxylic acids is 1. The number of rotatable bonds is 8. The number of piperidine rings is 2. The van der Waals surface area contributed by atoms with Gasteiger partial charge in [0.25, 0.3) is 0 Å². The fraction of sp³-hybridized carbons (Fsp3) is 0.667. The van der Waals surface area contributed by atoms with Crippen LogP contribution in [-0.4, -0.2) is 62.8 Å². The molecule has 2 heterocycles. The molecule has 1 aromatic rings. The molecule has 0 bridgehead atoms. The Balaban J connectivity index is 1.35. The summed E-state index contributed by atoms with van der Waals surface area (Å²) < 4.78 is 40.1. The maximum Gasteiger partial charge on any atom is 0.243 e. The molecule has 2 fully saturated rings. The maximum absolute atomic E-state index is 13.4. The standard InChI is InChI=1S/C21H32FN3O3S/c22-19-5-4-6-20(17-19)29(27,28)25-14-9-18(10-15-25)7-8-21(26)23-11-16-24-12-2-1-3-13-24/h4-6,17-18H,1-3,7-16H2,(H,23,26). The number of halogens is 1. The Morgan fingerprint density at radius 2 is 1.83 bits per heavy atom. The van der Waals surface area contributed by atoms with E-state index in [2.05, 4.69) is 10.2 Å². The van der Waals surface area contributed by atoms with Crippen molar-refractivity contribution >= 4 is 15.9 Å². The molecule has 2 aliphatic rings. The van der Waals surface area contributed by atoms with Crippen LogP contribution in [0, 0.1) is 11.7 Å². The van der Waals surface area contributed by atoms with Gasteiger partial charge in [-0.25, -0.2) is 12.8 Å². The lowest BCUT2D eigenvalue weighted by atomic mass is 9.93. The Bertz CT molecular complexity index is 773. The predicted molar refractivity (Wildman–Crippen MR) is 110 cm³/mol. The van der Waals surface area contributed by atoms with Crippen molar-refractivity contribution < 1.29 is 17.6 Å². The Morgan fingerprint density at radius 3 is 2.52 bits per heavy atom. The second-order valence-electron chi connectivity index (χ2n) is 8.10. The highest BCUT2D eigenvalue weighted by Gasteiger charge is 2.29. The summed E-state index contributed by atoms with van der Waals surface area (Å²) in [4.78, 5) is 14.5. The van der Waals surface area contributed by atoms with Crippen molar-refractivity contribution in [1.29, 1.82) is 0 Å². The second-order valence-corrected chi connectivity index (χ2v) is 10.0. The zero-order valence-corrected chi connectivity index (χ0v) is 17.8. The van der Waals surface area contributed by atoms with Crippen molar-refractivity contribution in [1.82, 2.24) is 14.5 Å². The minimum Gasteiger partial charge on any atom is -0.355 e. The zero-order valence-electron chi connectivity index (χ0n) is 17.0. The van der Waals surface area contributed by atoms with Gasteiger partial charge in [0.15, 0.2) is 0 Å². The number of carbonyl (C=O) groups is 1. The molecule has 29 heavy (non-hydrogen) atoms. The summed E-state index contributed by atoms with van der Waals surface area (Å²) in [7, 11) is -3.65. The van der Waals surface area contributed by atoms with E-state index in [4.69, 9.17) is 0 Å². The Kier molecular flexibility index (Phi) is 8.03. The van der Waals surface area contributed by atoms with Crippen LogP contribution in [0.15, 0.2) is 29.2 Å². The van der Waals surface area contributed by atoms with Crippen LogP contribution in [-0.2, 0) is 14.8 Å². The van der Waals surface area contributed by atoms with E-state index in [0.29, 0.717) is 32.0 Å². The number of hydrogen-bond donors (Lipinski definition) is 1. The van der Waals surface area contributed by atoms with E-state index >= 15 is 0 Å². The van der Waals surface area contributed by atoms with Crippen LogP contribution >= 0.6 is 0 Å². The van der Waals surface area contributed by atoms with E-state index in [-0.39, 0.29) is 10.8 Å². The van der Waals surface area contributed by atoms with E-state index < -0.39 is 15.8 Å². The predicted octanol–water partition coefficient (Wildman–Crippen LogP) is 2.61. The lowest BCUT2D eigenvalue weighted by molar-refractivity contribution is -0.121. The fourth-order valence-electron chi connectivity index (χ4n) is 4.17. The fourth-order valence-corrected chi connectivity index (χ4v) is 5.68. The third-order valence-corrected chi connectivity index (χ3v) is 7.88. The van der Waals surface area contributed by atoms with Crippen molar-refractivity contribution in [2.75, 3.05) is 39.3 Å². The van der Waals surface area contributed by atoms with Gasteiger partial charge in [-0.05, 0) is 69.3 Å². The SMILES string of the molecule is O=C(CCC1CCN(S(=O)(=O)c2cccc(F)c2)CC1)NCCN1CCCCC1. The van der Waals surface area contributed by atoms with Crippen molar-refractivity contribution in [2.45, 2.75) is 49.8 Å². The minimum absolute atomic E-state index is 0.00373. The van der Waals surface area contributed by atoms with Gasteiger partial charge in [0.05, 0.1) is 4.90 Å². The van der Waals surface area contributed by atoms with Gasteiger partial charge < -0.3 is 10.2 Å². The number of sulfonamides is 1. The minimum atomic E-state index is -3.65. The molecule has 0 unspecified atom stereocenters. The molecule has 6 nitrogen and oxygen atoms in total. The third-order valence-electron chi connectivity index (χ3n) is 5.99. The first-order valence-corrected chi connectivity index (χ1v) is 12.1. The van der Waals surface area contributed by atoms with Crippen LogP contribution in [0.2, 0.25) is 0 Å². The molecule has 0 atom stereocenters. The second kappa shape index (κ2) is 10.5. The van der Waals surface area contributed by atoms with E-state index in [1.807, 2.05) is 0 Å². The molecule has 1 N–H and O–H groups in total. The van der Waals surface area contributed by atoms with Gasteiger partial charge in [0, 0.05) is 32.6 Å². The Morgan fingerprint density at radius 1 is 1.10 bits per heavy atom. The molecule has 0 aliphatic carbocycles. The molecule has 0 saturated carbocycles. The first kappa shape index (κ1) is 22.2. The topological polar surface area (TPSA) is 69.7 Å². The van der Waals surface area contributed by atoms with Gasteiger partial charge in [0.2, 0.25) is 15.9 Å².